The van der Waals surface area contributed by atoms with Crippen molar-refractivity contribution < 1.29 is 4.79 Å². The zero-order chi connectivity index (χ0) is 13.9. The summed E-state index contributed by atoms with van der Waals surface area (Å²) in [5.74, 6) is 0.140. The third-order valence-corrected chi connectivity index (χ3v) is 3.94. The van der Waals surface area contributed by atoms with Gasteiger partial charge < -0.3 is 4.90 Å². The van der Waals surface area contributed by atoms with Gasteiger partial charge in [0.05, 0.1) is 6.54 Å². The van der Waals surface area contributed by atoms with Gasteiger partial charge in [-0.05, 0) is 29.3 Å². The van der Waals surface area contributed by atoms with Crippen LogP contribution in [0.1, 0.15) is 21.5 Å². The van der Waals surface area contributed by atoms with Gasteiger partial charge in [0.25, 0.3) is 0 Å². The Morgan fingerprint density at radius 3 is 2.65 bits per heavy atom. The van der Waals surface area contributed by atoms with E-state index in [0.29, 0.717) is 6.54 Å². The Hall–Kier alpha value is -1.87. The van der Waals surface area contributed by atoms with Gasteiger partial charge in [0.1, 0.15) is 0 Å². The predicted octanol–water partition coefficient (Wildman–Crippen LogP) is 4.12. The summed E-state index contributed by atoms with van der Waals surface area (Å²) >= 11 is 3.38. The Kier molecular flexibility index (Phi) is 3.70. The standard InChI is InChI=1S/C17H14BrNO/c18-16-7-5-14(6-8-16)17(20)12-19-10-9-13-3-1-2-4-15(13)11-19/h1-10H,11-12H2. The molecule has 0 atom stereocenters. The first kappa shape index (κ1) is 13.1. The molecule has 0 aromatic heterocycles. The number of hydrogen-bond acceptors (Lipinski definition) is 2. The highest BCUT2D eigenvalue weighted by Gasteiger charge is 2.14. The molecule has 100 valence electrons. The van der Waals surface area contributed by atoms with E-state index in [1.807, 2.05) is 47.5 Å². The molecule has 0 radical (unpaired) electrons. The number of carbonyl (C=O) groups is 1. The fourth-order valence-corrected chi connectivity index (χ4v) is 2.58. The lowest BCUT2D eigenvalue weighted by molar-refractivity contribution is 0.0952. The van der Waals surface area contributed by atoms with Crippen molar-refractivity contribution >= 4 is 27.8 Å². The van der Waals surface area contributed by atoms with Crippen LogP contribution in [-0.2, 0) is 6.54 Å². The van der Waals surface area contributed by atoms with E-state index in [1.165, 1.54) is 11.1 Å². The molecule has 0 fully saturated rings. The maximum Gasteiger partial charge on any atom is 0.182 e. The Labute approximate surface area is 126 Å². The van der Waals surface area contributed by atoms with Crippen molar-refractivity contribution in [2.45, 2.75) is 6.54 Å². The van der Waals surface area contributed by atoms with Gasteiger partial charge >= 0.3 is 0 Å². The molecule has 0 saturated carbocycles. The summed E-state index contributed by atoms with van der Waals surface area (Å²) in [6, 6.07) is 15.8. The van der Waals surface area contributed by atoms with Crippen molar-refractivity contribution in [3.63, 3.8) is 0 Å². The van der Waals surface area contributed by atoms with Gasteiger partial charge in [0, 0.05) is 22.8 Å². The molecule has 0 aliphatic carbocycles. The second-order valence-corrected chi connectivity index (χ2v) is 5.77. The first-order valence-corrected chi connectivity index (χ1v) is 7.30. The molecule has 3 rings (SSSR count). The number of rotatable bonds is 3. The molecular weight excluding hydrogens is 314 g/mol. The Morgan fingerprint density at radius 1 is 1.10 bits per heavy atom. The number of benzene rings is 2. The first-order chi connectivity index (χ1) is 9.72. The van der Waals surface area contributed by atoms with Crippen molar-refractivity contribution in [1.82, 2.24) is 4.90 Å². The molecule has 1 heterocycles. The first-order valence-electron chi connectivity index (χ1n) is 6.51. The summed E-state index contributed by atoms with van der Waals surface area (Å²) in [7, 11) is 0. The van der Waals surface area contributed by atoms with Crippen LogP contribution in [0.25, 0.3) is 6.08 Å². The smallest absolute Gasteiger partial charge is 0.182 e. The average Bonchev–Trinajstić information content (AvgIpc) is 2.48. The van der Waals surface area contributed by atoms with Crippen LogP contribution >= 0.6 is 15.9 Å². The predicted molar refractivity (Wildman–Crippen MR) is 84.4 cm³/mol. The van der Waals surface area contributed by atoms with E-state index in [1.54, 1.807) is 0 Å². The lowest BCUT2D eigenvalue weighted by atomic mass is 10.0. The molecule has 0 N–H and O–H groups in total. The lowest BCUT2D eigenvalue weighted by Gasteiger charge is -2.24. The van der Waals surface area contributed by atoms with Crippen molar-refractivity contribution in [3.8, 4) is 0 Å². The summed E-state index contributed by atoms with van der Waals surface area (Å²) in [5.41, 5.74) is 3.25. The normalized spacial score (nSPS) is 13.2. The molecule has 0 spiro atoms. The van der Waals surface area contributed by atoms with Crippen molar-refractivity contribution in [3.05, 3.63) is 75.9 Å². The van der Waals surface area contributed by atoms with E-state index in [9.17, 15) is 4.79 Å². The number of Topliss-reactive ketones (excluding diaryl/α,β-unsaturated/α-hetero) is 1. The molecule has 20 heavy (non-hydrogen) atoms. The maximum atomic E-state index is 12.2. The van der Waals surface area contributed by atoms with Crippen LogP contribution < -0.4 is 0 Å². The van der Waals surface area contributed by atoms with Crippen LogP contribution in [0.2, 0.25) is 0 Å². The number of halogens is 1. The largest absolute Gasteiger partial charge is 0.365 e. The van der Waals surface area contributed by atoms with Gasteiger partial charge in [-0.15, -0.1) is 0 Å². The molecule has 0 unspecified atom stereocenters. The number of carbonyl (C=O) groups excluding carboxylic acids is 1. The Bertz CT molecular complexity index is 661. The maximum absolute atomic E-state index is 12.2. The van der Waals surface area contributed by atoms with Gasteiger partial charge in [0.2, 0.25) is 0 Å². The van der Waals surface area contributed by atoms with E-state index in [4.69, 9.17) is 0 Å². The van der Waals surface area contributed by atoms with Crippen molar-refractivity contribution in [2.24, 2.45) is 0 Å². The van der Waals surface area contributed by atoms with Crippen LogP contribution in [0.15, 0.2) is 59.2 Å². The van der Waals surface area contributed by atoms with Crippen LogP contribution in [-0.4, -0.2) is 17.2 Å². The summed E-state index contributed by atoms with van der Waals surface area (Å²) in [4.78, 5) is 14.3. The van der Waals surface area contributed by atoms with Crippen molar-refractivity contribution in [2.75, 3.05) is 6.54 Å². The SMILES string of the molecule is O=C(CN1C=Cc2ccccc2C1)c1ccc(Br)cc1. The number of nitrogens with zero attached hydrogens (tertiary/aromatic N) is 1. The Morgan fingerprint density at radius 2 is 1.85 bits per heavy atom. The highest BCUT2D eigenvalue weighted by molar-refractivity contribution is 9.10. The Balaban J connectivity index is 1.71. The topological polar surface area (TPSA) is 20.3 Å². The molecule has 0 saturated heterocycles. The van der Waals surface area contributed by atoms with Gasteiger partial charge in [-0.3, -0.25) is 4.79 Å². The van der Waals surface area contributed by atoms with E-state index >= 15 is 0 Å². The van der Waals surface area contributed by atoms with Crippen LogP contribution in [0.4, 0.5) is 0 Å². The van der Waals surface area contributed by atoms with E-state index in [2.05, 4.69) is 34.1 Å². The van der Waals surface area contributed by atoms with E-state index < -0.39 is 0 Å². The molecule has 1 aliphatic rings. The molecule has 0 bridgehead atoms. The number of ketones is 1. The third kappa shape index (κ3) is 2.83. The quantitative estimate of drug-likeness (QED) is 0.790. The minimum Gasteiger partial charge on any atom is -0.365 e. The van der Waals surface area contributed by atoms with Crippen LogP contribution in [0.5, 0.6) is 0 Å². The molecule has 3 heteroatoms. The molecule has 2 aromatic carbocycles. The van der Waals surface area contributed by atoms with Crippen LogP contribution in [0.3, 0.4) is 0 Å². The van der Waals surface area contributed by atoms with E-state index in [-0.39, 0.29) is 5.78 Å². The van der Waals surface area contributed by atoms with Gasteiger partial charge in [0.15, 0.2) is 5.78 Å². The monoisotopic (exact) mass is 327 g/mol. The third-order valence-electron chi connectivity index (χ3n) is 3.41. The minimum absolute atomic E-state index is 0.140. The highest BCUT2D eigenvalue weighted by Crippen LogP contribution is 2.19. The second-order valence-electron chi connectivity index (χ2n) is 4.85. The fraction of sp³-hybridized carbons (Fsp3) is 0.118. The summed E-state index contributed by atoms with van der Waals surface area (Å²) in [6.45, 7) is 1.20. The summed E-state index contributed by atoms with van der Waals surface area (Å²) in [5, 5.41) is 0. The zero-order valence-corrected chi connectivity index (χ0v) is 12.5. The molecular formula is C17H14BrNO. The summed E-state index contributed by atoms with van der Waals surface area (Å²) in [6.07, 6.45) is 4.06. The van der Waals surface area contributed by atoms with Gasteiger partial charge in [-0.25, -0.2) is 0 Å². The summed E-state index contributed by atoms with van der Waals surface area (Å²) < 4.78 is 0.987. The lowest BCUT2D eigenvalue weighted by Crippen LogP contribution is -2.26. The molecule has 2 aromatic rings. The second kappa shape index (κ2) is 5.63. The molecule has 1 aliphatic heterocycles. The van der Waals surface area contributed by atoms with Crippen molar-refractivity contribution in [1.29, 1.82) is 0 Å². The molecule has 2 nitrogen and oxygen atoms in total. The van der Waals surface area contributed by atoms with Gasteiger partial charge in [-0.2, -0.15) is 0 Å². The minimum atomic E-state index is 0.140. The number of hydrogen-bond donors (Lipinski definition) is 0. The molecule has 0 amide bonds. The zero-order valence-electron chi connectivity index (χ0n) is 10.9. The van der Waals surface area contributed by atoms with E-state index in [0.717, 1.165) is 16.6 Å². The average molecular weight is 328 g/mol. The van der Waals surface area contributed by atoms with Gasteiger partial charge in [-0.1, -0.05) is 52.3 Å². The van der Waals surface area contributed by atoms with Crippen LogP contribution in [0, 0.1) is 0 Å². The fourth-order valence-electron chi connectivity index (χ4n) is 2.32. The highest BCUT2D eigenvalue weighted by atomic mass is 79.9. The number of fused-ring (bicyclic) bond motifs is 1.